The Bertz CT molecular complexity index is 981. The maximum atomic E-state index is 13.4. The normalized spacial score (nSPS) is 16.4. The standard InChI is InChI=1S/C22H20N2O2S/c23-21(25)20-13-12-19(27-20)18-11-6-14-24(18)22(26)17-10-5-4-9-16(17)15-7-2-1-3-8-15/h1-5,7-10,12-13,18H,6,11,14H2,(H2,23,25)/t18-/m1/s1. The molecule has 0 bridgehead atoms. The van der Waals surface area contributed by atoms with Gasteiger partial charge in [0.2, 0.25) is 0 Å². The molecule has 27 heavy (non-hydrogen) atoms. The summed E-state index contributed by atoms with van der Waals surface area (Å²) in [6, 6.07) is 21.4. The lowest BCUT2D eigenvalue weighted by Gasteiger charge is -2.25. The number of nitrogens with zero attached hydrogens (tertiary/aromatic N) is 1. The number of thiophene rings is 1. The van der Waals surface area contributed by atoms with E-state index in [4.69, 9.17) is 5.73 Å². The molecule has 1 aromatic heterocycles. The molecule has 0 spiro atoms. The second kappa shape index (κ2) is 7.37. The number of nitrogens with two attached hydrogens (primary N) is 1. The van der Waals surface area contributed by atoms with E-state index in [0.717, 1.165) is 35.4 Å². The van der Waals surface area contributed by atoms with Crippen LogP contribution in [-0.4, -0.2) is 23.3 Å². The molecule has 5 heteroatoms. The van der Waals surface area contributed by atoms with Crippen LogP contribution in [0, 0.1) is 0 Å². The van der Waals surface area contributed by atoms with E-state index in [2.05, 4.69) is 0 Å². The molecule has 4 nitrogen and oxygen atoms in total. The predicted molar refractivity (Wildman–Crippen MR) is 108 cm³/mol. The predicted octanol–water partition coefficient (Wildman–Crippen LogP) is 4.49. The van der Waals surface area contributed by atoms with Crippen molar-refractivity contribution in [3.63, 3.8) is 0 Å². The molecule has 0 aliphatic carbocycles. The third kappa shape index (κ3) is 3.38. The van der Waals surface area contributed by atoms with Gasteiger partial charge in [0.05, 0.1) is 10.9 Å². The Balaban J connectivity index is 1.67. The maximum absolute atomic E-state index is 13.4. The van der Waals surface area contributed by atoms with Gasteiger partial charge in [-0.1, -0.05) is 48.5 Å². The number of hydrogen-bond acceptors (Lipinski definition) is 3. The molecule has 1 aliphatic rings. The molecule has 136 valence electrons. The second-order valence-corrected chi connectivity index (χ2v) is 7.75. The molecule has 1 saturated heterocycles. The molecule has 0 radical (unpaired) electrons. The summed E-state index contributed by atoms with van der Waals surface area (Å²) < 4.78 is 0. The number of carbonyl (C=O) groups excluding carboxylic acids is 2. The molecule has 3 aromatic rings. The van der Waals surface area contributed by atoms with E-state index in [1.807, 2.05) is 65.6 Å². The van der Waals surface area contributed by atoms with Crippen molar-refractivity contribution >= 4 is 23.2 Å². The minimum atomic E-state index is -0.420. The Morgan fingerprint density at radius 2 is 1.70 bits per heavy atom. The van der Waals surface area contributed by atoms with Crippen LogP contribution >= 0.6 is 11.3 Å². The minimum absolute atomic E-state index is 0.000528. The first-order chi connectivity index (χ1) is 13.1. The van der Waals surface area contributed by atoms with Crippen LogP contribution in [0.5, 0.6) is 0 Å². The lowest BCUT2D eigenvalue weighted by Crippen LogP contribution is -2.30. The molecule has 1 atom stereocenters. The van der Waals surface area contributed by atoms with Gasteiger partial charge in [0.1, 0.15) is 0 Å². The van der Waals surface area contributed by atoms with Crippen LogP contribution in [0.1, 0.15) is 43.8 Å². The van der Waals surface area contributed by atoms with Crippen molar-refractivity contribution in [3.05, 3.63) is 82.0 Å². The smallest absolute Gasteiger partial charge is 0.258 e. The van der Waals surface area contributed by atoms with E-state index >= 15 is 0 Å². The van der Waals surface area contributed by atoms with Gasteiger partial charge < -0.3 is 10.6 Å². The summed E-state index contributed by atoms with van der Waals surface area (Å²) in [6.45, 7) is 0.719. The van der Waals surface area contributed by atoms with Gasteiger partial charge in [-0.25, -0.2) is 0 Å². The SMILES string of the molecule is NC(=O)c1ccc([C@H]2CCCN2C(=O)c2ccccc2-c2ccccc2)s1. The molecule has 1 fully saturated rings. The highest BCUT2D eigenvalue weighted by molar-refractivity contribution is 7.14. The van der Waals surface area contributed by atoms with Crippen LogP contribution in [0.4, 0.5) is 0 Å². The highest BCUT2D eigenvalue weighted by Gasteiger charge is 2.32. The Hall–Kier alpha value is -2.92. The first kappa shape index (κ1) is 17.5. The number of benzene rings is 2. The van der Waals surface area contributed by atoms with Gasteiger partial charge in [-0.15, -0.1) is 11.3 Å². The Morgan fingerprint density at radius 1 is 0.963 bits per heavy atom. The van der Waals surface area contributed by atoms with Crippen molar-refractivity contribution in [2.24, 2.45) is 5.73 Å². The fraction of sp³-hybridized carbons (Fsp3) is 0.182. The number of hydrogen-bond donors (Lipinski definition) is 1. The summed E-state index contributed by atoms with van der Waals surface area (Å²) in [7, 11) is 0. The lowest BCUT2D eigenvalue weighted by molar-refractivity contribution is 0.0738. The summed E-state index contributed by atoms with van der Waals surface area (Å²) in [5, 5.41) is 0. The van der Waals surface area contributed by atoms with Gasteiger partial charge in [-0.05, 0) is 42.2 Å². The number of amides is 2. The van der Waals surface area contributed by atoms with Crippen LogP contribution in [-0.2, 0) is 0 Å². The van der Waals surface area contributed by atoms with Crippen LogP contribution < -0.4 is 5.73 Å². The second-order valence-electron chi connectivity index (χ2n) is 6.63. The Kier molecular flexibility index (Phi) is 4.77. The number of primary amides is 1. The molecule has 2 heterocycles. The zero-order valence-corrected chi connectivity index (χ0v) is 15.6. The summed E-state index contributed by atoms with van der Waals surface area (Å²) >= 11 is 1.39. The quantitative estimate of drug-likeness (QED) is 0.729. The number of rotatable bonds is 4. The Morgan fingerprint density at radius 3 is 2.44 bits per heavy atom. The molecule has 2 aromatic carbocycles. The van der Waals surface area contributed by atoms with Crippen molar-refractivity contribution in [1.82, 2.24) is 4.90 Å². The lowest BCUT2D eigenvalue weighted by atomic mass is 9.98. The molecule has 0 unspecified atom stereocenters. The van der Waals surface area contributed by atoms with E-state index in [1.165, 1.54) is 11.3 Å². The zero-order chi connectivity index (χ0) is 18.8. The number of carbonyl (C=O) groups is 2. The highest BCUT2D eigenvalue weighted by Crippen LogP contribution is 2.37. The summed E-state index contributed by atoms with van der Waals surface area (Å²) in [5.74, 6) is -0.387. The first-order valence-corrected chi connectivity index (χ1v) is 9.82. The monoisotopic (exact) mass is 376 g/mol. The van der Waals surface area contributed by atoms with Crippen LogP contribution in [0.3, 0.4) is 0 Å². The minimum Gasteiger partial charge on any atom is -0.365 e. The van der Waals surface area contributed by atoms with Crippen molar-refractivity contribution in [2.45, 2.75) is 18.9 Å². The van der Waals surface area contributed by atoms with E-state index in [9.17, 15) is 9.59 Å². The molecule has 1 aliphatic heterocycles. The van der Waals surface area contributed by atoms with Crippen molar-refractivity contribution < 1.29 is 9.59 Å². The van der Waals surface area contributed by atoms with E-state index < -0.39 is 5.91 Å². The zero-order valence-electron chi connectivity index (χ0n) is 14.8. The third-order valence-corrected chi connectivity index (χ3v) is 6.16. The van der Waals surface area contributed by atoms with Gasteiger partial charge in [-0.3, -0.25) is 9.59 Å². The van der Waals surface area contributed by atoms with Gasteiger partial charge in [0.25, 0.3) is 11.8 Å². The topological polar surface area (TPSA) is 63.4 Å². The van der Waals surface area contributed by atoms with Crippen LogP contribution in [0.25, 0.3) is 11.1 Å². The number of likely N-dealkylation sites (tertiary alicyclic amines) is 1. The maximum Gasteiger partial charge on any atom is 0.258 e. The third-order valence-electron chi connectivity index (χ3n) is 4.95. The summed E-state index contributed by atoms with van der Waals surface area (Å²) in [4.78, 5) is 28.3. The largest absolute Gasteiger partial charge is 0.365 e. The van der Waals surface area contributed by atoms with E-state index in [-0.39, 0.29) is 11.9 Å². The van der Waals surface area contributed by atoms with Gasteiger partial charge in [0.15, 0.2) is 0 Å². The summed E-state index contributed by atoms with van der Waals surface area (Å²) in [5.41, 5.74) is 8.07. The van der Waals surface area contributed by atoms with Gasteiger partial charge in [-0.2, -0.15) is 0 Å². The average Bonchev–Trinajstić information content (AvgIpc) is 3.37. The molecule has 2 N–H and O–H groups in total. The van der Waals surface area contributed by atoms with Crippen LogP contribution in [0.2, 0.25) is 0 Å². The first-order valence-electron chi connectivity index (χ1n) is 9.00. The Labute approximate surface area is 162 Å². The van der Waals surface area contributed by atoms with Gasteiger partial charge in [0, 0.05) is 17.0 Å². The molecule has 2 amide bonds. The van der Waals surface area contributed by atoms with E-state index in [1.54, 1.807) is 6.07 Å². The van der Waals surface area contributed by atoms with E-state index in [0.29, 0.717) is 10.4 Å². The van der Waals surface area contributed by atoms with Crippen molar-refractivity contribution in [1.29, 1.82) is 0 Å². The van der Waals surface area contributed by atoms with Crippen LogP contribution in [0.15, 0.2) is 66.7 Å². The highest BCUT2D eigenvalue weighted by atomic mass is 32.1. The van der Waals surface area contributed by atoms with Crippen molar-refractivity contribution in [3.8, 4) is 11.1 Å². The van der Waals surface area contributed by atoms with Crippen molar-refractivity contribution in [2.75, 3.05) is 6.54 Å². The summed E-state index contributed by atoms with van der Waals surface area (Å²) in [6.07, 6.45) is 1.85. The van der Waals surface area contributed by atoms with Gasteiger partial charge >= 0.3 is 0 Å². The average molecular weight is 376 g/mol. The molecule has 4 rings (SSSR count). The molecular formula is C22H20N2O2S. The fourth-order valence-corrected chi connectivity index (χ4v) is 4.67. The fourth-order valence-electron chi connectivity index (χ4n) is 3.66. The molecule has 0 saturated carbocycles. The molecular weight excluding hydrogens is 356 g/mol.